The molecule has 0 saturated heterocycles. The largest absolute Gasteiger partial charge is 0.344 e. The first kappa shape index (κ1) is 13.6. The maximum atomic E-state index is 12.5. The third-order valence-corrected chi connectivity index (χ3v) is 4.62. The number of amides is 1. The molecule has 1 aromatic heterocycles. The number of aryl methyl sites for hydroxylation is 1. The second-order valence-electron chi connectivity index (χ2n) is 6.20. The lowest BCUT2D eigenvalue weighted by molar-refractivity contribution is -0.135. The smallest absolute Gasteiger partial charge is 0.227 e. The van der Waals surface area contributed by atoms with Gasteiger partial charge in [0.25, 0.3) is 0 Å². The first-order chi connectivity index (χ1) is 9.65. The van der Waals surface area contributed by atoms with Crippen molar-refractivity contribution >= 4 is 5.91 Å². The van der Waals surface area contributed by atoms with Gasteiger partial charge in [-0.1, -0.05) is 0 Å². The Labute approximate surface area is 120 Å². The van der Waals surface area contributed by atoms with Gasteiger partial charge in [0, 0.05) is 51.5 Å². The van der Waals surface area contributed by atoms with E-state index >= 15 is 0 Å². The molecular weight excluding hydrogens is 252 g/mol. The number of nitrogens with zero attached hydrogens (tertiary/aromatic N) is 4. The first-order valence-corrected chi connectivity index (χ1v) is 7.60. The molecule has 5 nitrogen and oxygen atoms in total. The minimum Gasteiger partial charge on any atom is -0.344 e. The molecule has 0 unspecified atom stereocenters. The van der Waals surface area contributed by atoms with E-state index < -0.39 is 0 Å². The second-order valence-corrected chi connectivity index (χ2v) is 6.20. The van der Waals surface area contributed by atoms with Crippen molar-refractivity contribution < 1.29 is 4.79 Å². The number of rotatable bonds is 5. The van der Waals surface area contributed by atoms with E-state index in [9.17, 15) is 4.79 Å². The van der Waals surface area contributed by atoms with E-state index in [1.807, 2.05) is 24.3 Å². The third-order valence-electron chi connectivity index (χ3n) is 4.62. The van der Waals surface area contributed by atoms with Crippen LogP contribution in [0.3, 0.4) is 0 Å². The van der Waals surface area contributed by atoms with Crippen LogP contribution >= 0.6 is 0 Å². The minimum atomic E-state index is 0.118. The Morgan fingerprint density at radius 1 is 1.35 bits per heavy atom. The van der Waals surface area contributed by atoms with Gasteiger partial charge in [-0.3, -0.25) is 4.79 Å². The molecule has 1 atom stereocenters. The fraction of sp³-hybridized carbons (Fsp3) is 0.733. The van der Waals surface area contributed by atoms with Crippen LogP contribution in [0.4, 0.5) is 0 Å². The molecule has 1 aliphatic heterocycles. The van der Waals surface area contributed by atoms with E-state index in [2.05, 4.69) is 21.5 Å². The topological polar surface area (TPSA) is 41.4 Å². The highest BCUT2D eigenvalue weighted by Crippen LogP contribution is 2.25. The number of fused-ring (bicyclic) bond motifs is 1. The van der Waals surface area contributed by atoms with Crippen molar-refractivity contribution in [2.75, 3.05) is 27.2 Å². The molecule has 20 heavy (non-hydrogen) atoms. The van der Waals surface area contributed by atoms with Crippen molar-refractivity contribution in [1.29, 1.82) is 0 Å². The van der Waals surface area contributed by atoms with Crippen LogP contribution < -0.4 is 0 Å². The molecule has 2 aliphatic rings. The summed E-state index contributed by atoms with van der Waals surface area (Å²) >= 11 is 0. The van der Waals surface area contributed by atoms with Crippen molar-refractivity contribution in [3.05, 3.63) is 18.2 Å². The summed E-state index contributed by atoms with van der Waals surface area (Å²) in [4.78, 5) is 21.1. The SMILES string of the molecule is CN(CCN(C)C1CC1)C(=O)[C@@H]1CCc2nccn2C1. The van der Waals surface area contributed by atoms with Crippen molar-refractivity contribution in [3.8, 4) is 0 Å². The van der Waals surface area contributed by atoms with Gasteiger partial charge >= 0.3 is 0 Å². The first-order valence-electron chi connectivity index (χ1n) is 7.60. The van der Waals surface area contributed by atoms with Crippen LogP contribution in [0.1, 0.15) is 25.1 Å². The zero-order valence-corrected chi connectivity index (χ0v) is 12.5. The molecule has 0 N–H and O–H groups in total. The highest BCUT2D eigenvalue weighted by Gasteiger charge is 2.29. The standard InChI is InChI=1S/C15H24N4O/c1-17(13-4-5-13)9-10-18(2)15(20)12-3-6-14-16-7-8-19(14)11-12/h7-8,12-13H,3-6,9-11H2,1-2H3/t12-/m1/s1. The predicted molar refractivity (Wildman–Crippen MR) is 77.3 cm³/mol. The lowest BCUT2D eigenvalue weighted by atomic mass is 9.98. The van der Waals surface area contributed by atoms with Crippen molar-refractivity contribution in [1.82, 2.24) is 19.4 Å². The summed E-state index contributed by atoms with van der Waals surface area (Å²) in [6, 6.07) is 0.765. The number of hydrogen-bond donors (Lipinski definition) is 0. The van der Waals surface area contributed by atoms with Gasteiger partial charge in [0.1, 0.15) is 5.82 Å². The predicted octanol–water partition coefficient (Wildman–Crippen LogP) is 0.998. The molecule has 1 saturated carbocycles. The number of imidazole rings is 1. The minimum absolute atomic E-state index is 0.118. The lowest BCUT2D eigenvalue weighted by Crippen LogP contribution is -2.41. The number of aromatic nitrogens is 2. The average molecular weight is 276 g/mol. The lowest BCUT2D eigenvalue weighted by Gasteiger charge is -2.28. The monoisotopic (exact) mass is 276 g/mol. The highest BCUT2D eigenvalue weighted by atomic mass is 16.2. The summed E-state index contributed by atoms with van der Waals surface area (Å²) in [5, 5.41) is 0. The van der Waals surface area contributed by atoms with Gasteiger partial charge in [0.15, 0.2) is 0 Å². The molecule has 110 valence electrons. The number of hydrogen-bond acceptors (Lipinski definition) is 3. The molecule has 1 aliphatic carbocycles. The van der Waals surface area contributed by atoms with Crippen LogP contribution in [0.2, 0.25) is 0 Å². The van der Waals surface area contributed by atoms with Crippen LogP contribution in [0.15, 0.2) is 12.4 Å². The molecule has 2 heterocycles. The summed E-state index contributed by atoms with van der Waals surface area (Å²) in [5.41, 5.74) is 0. The van der Waals surface area contributed by atoms with Crippen LogP contribution in [-0.4, -0.2) is 58.5 Å². The van der Waals surface area contributed by atoms with Gasteiger partial charge in [-0.25, -0.2) is 4.98 Å². The molecule has 0 aromatic carbocycles. The van der Waals surface area contributed by atoms with E-state index in [0.29, 0.717) is 0 Å². The molecule has 0 spiro atoms. The number of likely N-dealkylation sites (N-methyl/N-ethyl adjacent to an activating group) is 2. The van der Waals surface area contributed by atoms with Gasteiger partial charge in [0.05, 0.1) is 5.92 Å². The third kappa shape index (κ3) is 2.87. The Balaban J connectivity index is 1.50. The maximum Gasteiger partial charge on any atom is 0.227 e. The second kappa shape index (κ2) is 5.56. The Morgan fingerprint density at radius 3 is 2.90 bits per heavy atom. The molecular formula is C15H24N4O. The van der Waals surface area contributed by atoms with E-state index in [-0.39, 0.29) is 11.8 Å². The Hall–Kier alpha value is -1.36. The normalized spacial score (nSPS) is 21.9. The average Bonchev–Trinajstić information content (AvgIpc) is 3.21. The fourth-order valence-electron chi connectivity index (χ4n) is 3.00. The quantitative estimate of drug-likeness (QED) is 0.805. The Kier molecular flexibility index (Phi) is 3.78. The van der Waals surface area contributed by atoms with Gasteiger partial charge in [-0.05, 0) is 26.3 Å². The van der Waals surface area contributed by atoms with Gasteiger partial charge < -0.3 is 14.4 Å². The van der Waals surface area contributed by atoms with Crippen LogP contribution in [0.25, 0.3) is 0 Å². The molecule has 1 amide bonds. The summed E-state index contributed by atoms with van der Waals surface area (Å²) in [6.45, 7) is 2.60. The number of carbonyl (C=O) groups is 1. The Morgan fingerprint density at radius 2 is 2.15 bits per heavy atom. The van der Waals surface area contributed by atoms with Crippen LogP contribution in [0.5, 0.6) is 0 Å². The molecule has 0 radical (unpaired) electrons. The Bertz CT molecular complexity index is 480. The molecule has 1 fully saturated rings. The van der Waals surface area contributed by atoms with Crippen molar-refractivity contribution in [2.24, 2.45) is 5.92 Å². The zero-order chi connectivity index (χ0) is 14.1. The maximum absolute atomic E-state index is 12.5. The van der Waals surface area contributed by atoms with Crippen LogP contribution in [-0.2, 0) is 17.8 Å². The zero-order valence-electron chi connectivity index (χ0n) is 12.5. The van der Waals surface area contributed by atoms with E-state index in [4.69, 9.17) is 0 Å². The number of carbonyl (C=O) groups excluding carboxylic acids is 1. The van der Waals surface area contributed by atoms with Gasteiger partial charge in [-0.2, -0.15) is 0 Å². The summed E-state index contributed by atoms with van der Waals surface area (Å²) in [5.74, 6) is 1.52. The van der Waals surface area contributed by atoms with Gasteiger partial charge in [-0.15, -0.1) is 0 Å². The van der Waals surface area contributed by atoms with E-state index in [0.717, 1.165) is 44.3 Å². The van der Waals surface area contributed by atoms with Crippen LogP contribution in [0, 0.1) is 5.92 Å². The summed E-state index contributed by atoms with van der Waals surface area (Å²) in [6.07, 6.45) is 8.30. The fourth-order valence-corrected chi connectivity index (χ4v) is 3.00. The highest BCUT2D eigenvalue weighted by molar-refractivity contribution is 5.78. The molecule has 0 bridgehead atoms. The summed E-state index contributed by atoms with van der Waals surface area (Å²) in [7, 11) is 4.10. The molecule has 5 heteroatoms. The molecule has 1 aromatic rings. The van der Waals surface area contributed by atoms with E-state index in [1.54, 1.807) is 0 Å². The van der Waals surface area contributed by atoms with Gasteiger partial charge in [0.2, 0.25) is 5.91 Å². The molecule has 3 rings (SSSR count). The van der Waals surface area contributed by atoms with Crippen molar-refractivity contribution in [2.45, 2.75) is 38.3 Å². The van der Waals surface area contributed by atoms with Crippen molar-refractivity contribution in [3.63, 3.8) is 0 Å². The summed E-state index contributed by atoms with van der Waals surface area (Å²) < 4.78 is 2.12. The van der Waals surface area contributed by atoms with E-state index in [1.165, 1.54) is 12.8 Å².